The molecule has 1 aromatic heterocycles. The number of benzene rings is 2. The first-order valence-corrected chi connectivity index (χ1v) is 10.9. The Morgan fingerprint density at radius 2 is 1.90 bits per heavy atom. The molecule has 160 valence electrons. The van der Waals surface area contributed by atoms with E-state index in [2.05, 4.69) is 82.6 Å². The molecule has 30 heavy (non-hydrogen) atoms. The zero-order chi connectivity index (χ0) is 20.3. The van der Waals surface area contributed by atoms with Crippen LogP contribution >= 0.6 is 35.7 Å². The van der Waals surface area contributed by atoms with E-state index in [1.54, 1.807) is 6.20 Å². The molecule has 0 spiro atoms. The van der Waals surface area contributed by atoms with Crippen molar-refractivity contribution in [2.75, 3.05) is 13.1 Å². The molecular formula is C23H30IN5S. The van der Waals surface area contributed by atoms with Crippen LogP contribution in [-0.2, 0) is 13.1 Å². The van der Waals surface area contributed by atoms with E-state index in [4.69, 9.17) is 4.99 Å². The van der Waals surface area contributed by atoms with Crippen LogP contribution in [0.4, 0.5) is 0 Å². The van der Waals surface area contributed by atoms with Crippen molar-refractivity contribution in [3.8, 4) is 0 Å². The molecule has 3 rings (SSSR count). The van der Waals surface area contributed by atoms with Gasteiger partial charge in [-0.2, -0.15) is 0 Å². The number of aromatic nitrogens is 2. The predicted octanol–water partition coefficient (Wildman–Crippen LogP) is 4.79. The molecule has 0 amide bonds. The average molecular weight is 535 g/mol. The third kappa shape index (κ3) is 8.39. The molecule has 0 saturated carbocycles. The van der Waals surface area contributed by atoms with Crippen LogP contribution in [0.15, 0.2) is 83.2 Å². The molecule has 0 saturated heterocycles. The van der Waals surface area contributed by atoms with Crippen molar-refractivity contribution in [3.63, 3.8) is 0 Å². The van der Waals surface area contributed by atoms with Gasteiger partial charge < -0.3 is 15.2 Å². The summed E-state index contributed by atoms with van der Waals surface area (Å²) in [6, 6.07) is 19.1. The summed E-state index contributed by atoms with van der Waals surface area (Å²) < 4.78 is 2.07. The average Bonchev–Trinajstić information content (AvgIpc) is 3.24. The van der Waals surface area contributed by atoms with E-state index in [1.807, 2.05) is 30.4 Å². The number of nitrogens with one attached hydrogen (secondary N) is 2. The third-order valence-electron chi connectivity index (χ3n) is 4.32. The Morgan fingerprint density at radius 1 is 1.10 bits per heavy atom. The molecule has 2 aromatic carbocycles. The van der Waals surface area contributed by atoms with Crippen molar-refractivity contribution in [1.82, 2.24) is 20.2 Å². The lowest BCUT2D eigenvalue weighted by molar-refractivity contribution is 0.789. The normalized spacial score (nSPS) is 12.1. The van der Waals surface area contributed by atoms with Gasteiger partial charge in [0.1, 0.15) is 0 Å². The Hall–Kier alpha value is -2.00. The van der Waals surface area contributed by atoms with Crippen LogP contribution in [0.3, 0.4) is 0 Å². The summed E-state index contributed by atoms with van der Waals surface area (Å²) in [5.41, 5.74) is 2.45. The maximum Gasteiger partial charge on any atom is 0.191 e. The number of rotatable bonds is 9. The number of imidazole rings is 1. The Morgan fingerprint density at radius 3 is 2.63 bits per heavy atom. The first kappa shape index (κ1) is 24.3. The lowest BCUT2D eigenvalue weighted by Gasteiger charge is -2.16. The lowest BCUT2D eigenvalue weighted by atomic mass is 10.1. The monoisotopic (exact) mass is 535 g/mol. The van der Waals surface area contributed by atoms with Gasteiger partial charge in [-0.15, -0.1) is 35.7 Å². The summed E-state index contributed by atoms with van der Waals surface area (Å²) in [4.78, 5) is 10.2. The molecule has 0 aliphatic heterocycles. The fourth-order valence-corrected chi connectivity index (χ4v) is 3.89. The second-order valence-corrected chi connectivity index (χ2v) is 8.38. The fourth-order valence-electron chi connectivity index (χ4n) is 2.94. The zero-order valence-electron chi connectivity index (χ0n) is 17.5. The van der Waals surface area contributed by atoms with Crippen LogP contribution < -0.4 is 10.6 Å². The number of nitrogens with zero attached hydrogens (tertiary/aromatic N) is 3. The Labute approximate surface area is 200 Å². The fraction of sp³-hybridized carbons (Fsp3) is 0.304. The van der Waals surface area contributed by atoms with Gasteiger partial charge in [-0.05, 0) is 30.2 Å². The van der Waals surface area contributed by atoms with E-state index >= 15 is 0 Å². The van der Waals surface area contributed by atoms with Crippen LogP contribution in [0.25, 0.3) is 0 Å². The number of halogens is 1. The van der Waals surface area contributed by atoms with E-state index in [-0.39, 0.29) is 24.0 Å². The molecule has 0 fully saturated rings. The topological polar surface area (TPSA) is 54.2 Å². The minimum absolute atomic E-state index is 0. The van der Waals surface area contributed by atoms with E-state index in [9.17, 15) is 0 Å². The minimum atomic E-state index is 0. The van der Waals surface area contributed by atoms with Gasteiger partial charge in [-0.3, -0.25) is 0 Å². The molecule has 1 unspecified atom stereocenters. The van der Waals surface area contributed by atoms with Crippen molar-refractivity contribution in [2.24, 2.45) is 4.99 Å². The molecule has 5 nitrogen and oxygen atoms in total. The summed E-state index contributed by atoms with van der Waals surface area (Å²) >= 11 is 1.87. The highest BCUT2D eigenvalue weighted by atomic mass is 127. The molecule has 0 aliphatic carbocycles. The molecule has 0 aliphatic rings. The number of hydrogen-bond acceptors (Lipinski definition) is 3. The second kappa shape index (κ2) is 13.3. The van der Waals surface area contributed by atoms with Crippen molar-refractivity contribution < 1.29 is 0 Å². The second-order valence-electron chi connectivity index (χ2n) is 6.87. The predicted molar refractivity (Wildman–Crippen MR) is 138 cm³/mol. The zero-order valence-corrected chi connectivity index (χ0v) is 20.6. The third-order valence-corrected chi connectivity index (χ3v) is 5.43. The first-order chi connectivity index (χ1) is 14.2. The van der Waals surface area contributed by atoms with Crippen LogP contribution in [0, 0.1) is 0 Å². The number of thioether (sulfide) groups is 1. The van der Waals surface area contributed by atoms with Gasteiger partial charge in [-0.25, -0.2) is 9.98 Å². The summed E-state index contributed by atoms with van der Waals surface area (Å²) in [7, 11) is 0. The number of aliphatic imine (C=N–C) groups is 1. The van der Waals surface area contributed by atoms with Crippen LogP contribution in [0.2, 0.25) is 0 Å². The standard InChI is InChI=1S/C23H29N5S.HI/c1-3-25-23(26-15-19(2)29-22-10-5-4-6-11-22)27-16-20-8-7-9-21(14-20)17-28-13-12-24-18-28;/h4-14,18-19H,3,15-17H2,1-2H3,(H2,25,26,27);1H. The van der Waals surface area contributed by atoms with E-state index in [1.165, 1.54) is 16.0 Å². The maximum atomic E-state index is 4.77. The maximum absolute atomic E-state index is 4.77. The van der Waals surface area contributed by atoms with Crippen LogP contribution in [-0.4, -0.2) is 33.9 Å². The molecular weight excluding hydrogens is 505 g/mol. The lowest BCUT2D eigenvalue weighted by Crippen LogP contribution is -2.40. The molecule has 0 radical (unpaired) electrons. The summed E-state index contributed by atoms with van der Waals surface area (Å²) in [5, 5.41) is 7.25. The highest BCUT2D eigenvalue weighted by Crippen LogP contribution is 2.21. The number of guanidine groups is 1. The molecule has 2 N–H and O–H groups in total. The van der Waals surface area contributed by atoms with Gasteiger partial charge in [-0.1, -0.05) is 49.4 Å². The Balaban J connectivity index is 0.00000320. The Bertz CT molecular complexity index is 884. The summed E-state index contributed by atoms with van der Waals surface area (Å²) in [6.45, 7) is 7.48. The van der Waals surface area contributed by atoms with Crippen molar-refractivity contribution in [2.45, 2.75) is 37.1 Å². The van der Waals surface area contributed by atoms with Gasteiger partial charge >= 0.3 is 0 Å². The van der Waals surface area contributed by atoms with Gasteiger partial charge in [0, 0.05) is 42.2 Å². The smallest absolute Gasteiger partial charge is 0.191 e. The largest absolute Gasteiger partial charge is 0.357 e. The van der Waals surface area contributed by atoms with Gasteiger partial charge in [0.05, 0.1) is 12.9 Å². The molecule has 1 heterocycles. The van der Waals surface area contributed by atoms with Crippen molar-refractivity contribution in [3.05, 3.63) is 84.4 Å². The summed E-state index contributed by atoms with van der Waals surface area (Å²) in [6.07, 6.45) is 5.62. The Kier molecular flexibility index (Phi) is 10.8. The van der Waals surface area contributed by atoms with Crippen molar-refractivity contribution >= 4 is 41.7 Å². The van der Waals surface area contributed by atoms with E-state index < -0.39 is 0 Å². The molecule has 3 aromatic rings. The van der Waals surface area contributed by atoms with Gasteiger partial charge in [0.15, 0.2) is 5.96 Å². The van der Waals surface area contributed by atoms with Gasteiger partial charge in [0.25, 0.3) is 0 Å². The molecule has 7 heteroatoms. The highest BCUT2D eigenvalue weighted by Gasteiger charge is 2.06. The van der Waals surface area contributed by atoms with Gasteiger partial charge in [0.2, 0.25) is 0 Å². The molecule has 0 bridgehead atoms. The van der Waals surface area contributed by atoms with Crippen LogP contribution in [0.1, 0.15) is 25.0 Å². The SMILES string of the molecule is CCNC(=NCc1cccc(Cn2ccnc2)c1)NCC(C)Sc1ccccc1.I. The van der Waals surface area contributed by atoms with Crippen LogP contribution in [0.5, 0.6) is 0 Å². The minimum Gasteiger partial charge on any atom is -0.357 e. The van der Waals surface area contributed by atoms with Crippen molar-refractivity contribution in [1.29, 1.82) is 0 Å². The molecule has 1 atom stereocenters. The first-order valence-electron chi connectivity index (χ1n) is 10.0. The quantitative estimate of drug-likeness (QED) is 0.179. The van der Waals surface area contributed by atoms with E-state index in [0.717, 1.165) is 25.6 Å². The number of hydrogen-bond donors (Lipinski definition) is 2. The van der Waals surface area contributed by atoms with E-state index in [0.29, 0.717) is 11.8 Å². The summed E-state index contributed by atoms with van der Waals surface area (Å²) in [5.74, 6) is 0.855. The highest BCUT2D eigenvalue weighted by molar-refractivity contribution is 14.0.